The lowest BCUT2D eigenvalue weighted by molar-refractivity contribution is -0.142. The summed E-state index contributed by atoms with van der Waals surface area (Å²) >= 11 is 0. The van der Waals surface area contributed by atoms with Crippen molar-refractivity contribution in [1.29, 1.82) is 0 Å². The summed E-state index contributed by atoms with van der Waals surface area (Å²) in [6, 6.07) is 6.14. The van der Waals surface area contributed by atoms with Crippen LogP contribution in [0.3, 0.4) is 0 Å². The van der Waals surface area contributed by atoms with Crippen molar-refractivity contribution in [3.8, 4) is 0 Å². The van der Waals surface area contributed by atoms with E-state index in [0.717, 1.165) is 11.0 Å². The average Bonchev–Trinajstić information content (AvgIpc) is 2.89. The fraction of sp³-hybridized carbons (Fsp3) is 0.400. The van der Waals surface area contributed by atoms with E-state index >= 15 is 0 Å². The molecule has 112 valence electrons. The zero-order valence-electron chi connectivity index (χ0n) is 12.1. The first kappa shape index (κ1) is 15.0. The molecule has 1 amide bonds. The van der Waals surface area contributed by atoms with E-state index in [4.69, 9.17) is 5.11 Å². The number of benzene rings is 1. The summed E-state index contributed by atoms with van der Waals surface area (Å²) in [4.78, 5) is 27.6. The molecule has 6 heteroatoms. The molecular weight excluding hydrogens is 270 g/mol. The van der Waals surface area contributed by atoms with Gasteiger partial charge in [0.15, 0.2) is 0 Å². The van der Waals surface area contributed by atoms with Crippen LogP contribution in [-0.2, 0) is 9.59 Å². The number of nitrogens with zero attached hydrogens (tertiary/aromatic N) is 2. The highest BCUT2D eigenvalue weighted by molar-refractivity contribution is 5.87. The SMILES string of the molecule is CCCC(NC(=O)C(C)n1cnc2ccccc21)C(=O)O. The number of carbonyl (C=O) groups excluding carboxylic acids is 1. The predicted molar refractivity (Wildman–Crippen MR) is 78.9 cm³/mol. The first-order valence-electron chi connectivity index (χ1n) is 6.99. The van der Waals surface area contributed by atoms with Crippen molar-refractivity contribution in [3.05, 3.63) is 30.6 Å². The lowest BCUT2D eigenvalue weighted by Crippen LogP contribution is -2.43. The van der Waals surface area contributed by atoms with Crippen LogP contribution in [0.15, 0.2) is 30.6 Å². The van der Waals surface area contributed by atoms with Gasteiger partial charge in [0.2, 0.25) is 5.91 Å². The van der Waals surface area contributed by atoms with Gasteiger partial charge >= 0.3 is 5.97 Å². The smallest absolute Gasteiger partial charge is 0.326 e. The molecule has 6 nitrogen and oxygen atoms in total. The summed E-state index contributed by atoms with van der Waals surface area (Å²) in [7, 11) is 0. The normalized spacial score (nSPS) is 13.8. The van der Waals surface area contributed by atoms with Crippen molar-refractivity contribution in [2.75, 3.05) is 0 Å². The van der Waals surface area contributed by atoms with Gasteiger partial charge in [-0.1, -0.05) is 25.5 Å². The minimum atomic E-state index is -1.01. The van der Waals surface area contributed by atoms with Gasteiger partial charge in [0.25, 0.3) is 0 Å². The number of aliphatic carboxylic acids is 1. The number of hydrogen-bond donors (Lipinski definition) is 2. The van der Waals surface area contributed by atoms with Crippen molar-refractivity contribution < 1.29 is 14.7 Å². The quantitative estimate of drug-likeness (QED) is 0.851. The topological polar surface area (TPSA) is 84.2 Å². The number of fused-ring (bicyclic) bond motifs is 1. The van der Waals surface area contributed by atoms with Gasteiger partial charge in [0, 0.05) is 0 Å². The third-order valence-electron chi connectivity index (χ3n) is 3.47. The Bertz CT molecular complexity index is 650. The van der Waals surface area contributed by atoms with Crippen LogP contribution in [-0.4, -0.2) is 32.6 Å². The standard InChI is InChI=1S/C15H19N3O3/c1-3-6-12(15(20)21)17-14(19)10(2)18-9-16-11-7-4-5-8-13(11)18/h4-5,7-10,12H,3,6H2,1-2H3,(H,17,19)(H,20,21). The number of carboxylic acid groups (broad SMARTS) is 1. The number of nitrogens with one attached hydrogen (secondary N) is 1. The highest BCUT2D eigenvalue weighted by Gasteiger charge is 2.23. The van der Waals surface area contributed by atoms with Gasteiger partial charge in [0.1, 0.15) is 12.1 Å². The maximum absolute atomic E-state index is 12.3. The Hall–Kier alpha value is -2.37. The van der Waals surface area contributed by atoms with E-state index in [1.165, 1.54) is 0 Å². The molecule has 2 atom stereocenters. The Labute approximate surface area is 122 Å². The summed E-state index contributed by atoms with van der Waals surface area (Å²) in [6.45, 7) is 3.61. The summed E-state index contributed by atoms with van der Waals surface area (Å²) in [5.41, 5.74) is 1.66. The second kappa shape index (κ2) is 6.39. The zero-order valence-corrected chi connectivity index (χ0v) is 12.1. The van der Waals surface area contributed by atoms with Crippen LogP contribution in [0.25, 0.3) is 11.0 Å². The number of amides is 1. The van der Waals surface area contributed by atoms with Gasteiger partial charge < -0.3 is 15.0 Å². The molecule has 1 aromatic heterocycles. The number of carboxylic acids is 1. The summed E-state index contributed by atoms with van der Waals surface area (Å²) in [6.07, 6.45) is 2.71. The van der Waals surface area contributed by atoms with Crippen LogP contribution >= 0.6 is 0 Å². The Morgan fingerprint density at radius 2 is 2.10 bits per heavy atom. The van der Waals surface area contributed by atoms with Crippen LogP contribution in [0, 0.1) is 0 Å². The van der Waals surface area contributed by atoms with E-state index in [1.54, 1.807) is 17.8 Å². The molecule has 21 heavy (non-hydrogen) atoms. The van der Waals surface area contributed by atoms with Gasteiger partial charge in [-0.15, -0.1) is 0 Å². The van der Waals surface area contributed by atoms with Gasteiger partial charge in [-0.05, 0) is 25.5 Å². The van der Waals surface area contributed by atoms with E-state index in [9.17, 15) is 9.59 Å². The van der Waals surface area contributed by atoms with Crippen LogP contribution in [0.1, 0.15) is 32.7 Å². The molecule has 0 saturated heterocycles. The fourth-order valence-corrected chi connectivity index (χ4v) is 2.25. The molecule has 0 fully saturated rings. The number of aromatic nitrogens is 2. The fourth-order valence-electron chi connectivity index (χ4n) is 2.25. The first-order valence-corrected chi connectivity index (χ1v) is 6.99. The Morgan fingerprint density at radius 3 is 2.76 bits per heavy atom. The lowest BCUT2D eigenvalue weighted by Gasteiger charge is -2.18. The highest BCUT2D eigenvalue weighted by Crippen LogP contribution is 2.17. The molecule has 0 spiro atoms. The maximum atomic E-state index is 12.3. The van der Waals surface area contributed by atoms with Crippen molar-refractivity contribution >= 4 is 22.9 Å². The molecule has 1 heterocycles. The third kappa shape index (κ3) is 3.21. The Kier molecular flexibility index (Phi) is 4.57. The molecule has 0 aliphatic heterocycles. The monoisotopic (exact) mass is 289 g/mol. The van der Waals surface area contributed by atoms with Crippen molar-refractivity contribution in [1.82, 2.24) is 14.9 Å². The molecular formula is C15H19N3O3. The third-order valence-corrected chi connectivity index (χ3v) is 3.47. The minimum Gasteiger partial charge on any atom is -0.480 e. The molecule has 2 rings (SSSR count). The molecule has 0 aliphatic carbocycles. The van der Waals surface area contributed by atoms with E-state index in [1.807, 2.05) is 31.2 Å². The van der Waals surface area contributed by atoms with Crippen LogP contribution in [0.2, 0.25) is 0 Å². The number of rotatable bonds is 6. The van der Waals surface area contributed by atoms with Crippen LogP contribution in [0.4, 0.5) is 0 Å². The first-order chi connectivity index (χ1) is 10.0. The Morgan fingerprint density at radius 1 is 1.38 bits per heavy atom. The maximum Gasteiger partial charge on any atom is 0.326 e. The number of para-hydroxylation sites is 2. The summed E-state index contributed by atoms with van der Waals surface area (Å²) < 4.78 is 1.75. The second-order valence-corrected chi connectivity index (χ2v) is 5.00. The van der Waals surface area contributed by atoms with Crippen LogP contribution in [0.5, 0.6) is 0 Å². The van der Waals surface area contributed by atoms with E-state index in [2.05, 4.69) is 10.3 Å². The van der Waals surface area contributed by atoms with Crippen molar-refractivity contribution in [3.63, 3.8) is 0 Å². The minimum absolute atomic E-state index is 0.320. The lowest BCUT2D eigenvalue weighted by atomic mass is 10.1. The Balaban J connectivity index is 2.17. The highest BCUT2D eigenvalue weighted by atomic mass is 16.4. The van der Waals surface area contributed by atoms with Gasteiger partial charge in [-0.2, -0.15) is 0 Å². The molecule has 0 saturated carbocycles. The van der Waals surface area contributed by atoms with Crippen molar-refractivity contribution in [2.45, 2.75) is 38.8 Å². The molecule has 2 aromatic rings. The van der Waals surface area contributed by atoms with Crippen LogP contribution < -0.4 is 5.32 Å². The summed E-state index contributed by atoms with van der Waals surface area (Å²) in [5, 5.41) is 11.7. The number of carbonyl (C=O) groups is 2. The molecule has 0 radical (unpaired) electrons. The zero-order chi connectivity index (χ0) is 15.4. The van der Waals surface area contributed by atoms with E-state index < -0.39 is 18.1 Å². The van der Waals surface area contributed by atoms with E-state index in [0.29, 0.717) is 12.8 Å². The number of hydrogen-bond acceptors (Lipinski definition) is 3. The average molecular weight is 289 g/mol. The second-order valence-electron chi connectivity index (χ2n) is 5.00. The van der Waals surface area contributed by atoms with Crippen molar-refractivity contribution in [2.24, 2.45) is 0 Å². The van der Waals surface area contributed by atoms with Gasteiger partial charge in [0.05, 0.1) is 17.4 Å². The van der Waals surface area contributed by atoms with E-state index in [-0.39, 0.29) is 5.91 Å². The molecule has 0 bridgehead atoms. The molecule has 0 aliphatic rings. The predicted octanol–water partition coefficient (Wildman–Crippen LogP) is 1.97. The molecule has 1 aromatic carbocycles. The number of imidazole rings is 1. The molecule has 2 N–H and O–H groups in total. The summed E-state index contributed by atoms with van der Waals surface area (Å²) in [5.74, 6) is -1.33. The largest absolute Gasteiger partial charge is 0.480 e. The molecule has 2 unspecified atom stereocenters. The van der Waals surface area contributed by atoms with Gasteiger partial charge in [-0.3, -0.25) is 4.79 Å². The van der Waals surface area contributed by atoms with Gasteiger partial charge in [-0.25, -0.2) is 9.78 Å².